The highest BCUT2D eigenvalue weighted by Gasteiger charge is 2.40. The smallest absolute Gasteiger partial charge is 0.212 e. The zero-order chi connectivity index (χ0) is 14.9. The Morgan fingerprint density at radius 2 is 2.00 bits per heavy atom. The van der Waals surface area contributed by atoms with Gasteiger partial charge in [-0.3, -0.25) is 0 Å². The fourth-order valence-corrected chi connectivity index (χ4v) is 6.18. The zero-order valence-corrected chi connectivity index (χ0v) is 13.8. The van der Waals surface area contributed by atoms with Crippen molar-refractivity contribution in [1.82, 2.24) is 4.72 Å². The minimum absolute atomic E-state index is 0.117. The van der Waals surface area contributed by atoms with E-state index in [4.69, 9.17) is 5.73 Å². The molecular formula is C15H24N2O2S2. The van der Waals surface area contributed by atoms with Gasteiger partial charge >= 0.3 is 0 Å². The van der Waals surface area contributed by atoms with Crippen LogP contribution in [0.15, 0.2) is 17.5 Å². The normalized spacial score (nSPS) is 33.0. The van der Waals surface area contributed by atoms with Gasteiger partial charge in [0.2, 0.25) is 10.0 Å². The van der Waals surface area contributed by atoms with Crippen LogP contribution in [0.1, 0.15) is 37.0 Å². The number of fused-ring (bicyclic) bond motifs is 2. The Balaban J connectivity index is 1.62. The molecule has 2 saturated carbocycles. The molecule has 3 N–H and O–H groups in total. The summed E-state index contributed by atoms with van der Waals surface area (Å²) >= 11 is 1.62. The van der Waals surface area contributed by atoms with Gasteiger partial charge in [0.1, 0.15) is 0 Å². The summed E-state index contributed by atoms with van der Waals surface area (Å²) in [5, 5.41) is 1.99. The van der Waals surface area contributed by atoms with Crippen LogP contribution in [0.25, 0.3) is 0 Å². The summed E-state index contributed by atoms with van der Waals surface area (Å²) in [6.07, 6.45) is 5.98. The van der Waals surface area contributed by atoms with Crippen LogP contribution in [0.3, 0.4) is 0 Å². The molecular weight excluding hydrogens is 304 g/mol. The van der Waals surface area contributed by atoms with Crippen LogP contribution in [0, 0.1) is 11.8 Å². The number of nitrogens with two attached hydrogens (primary N) is 1. The molecule has 6 heteroatoms. The maximum atomic E-state index is 12.4. The van der Waals surface area contributed by atoms with E-state index in [0.717, 1.165) is 30.6 Å². The van der Waals surface area contributed by atoms with Crippen LogP contribution in [0.5, 0.6) is 0 Å². The highest BCUT2D eigenvalue weighted by atomic mass is 32.2. The summed E-state index contributed by atoms with van der Waals surface area (Å²) in [5.41, 5.74) is 6.10. The summed E-state index contributed by atoms with van der Waals surface area (Å²) < 4.78 is 27.7. The second-order valence-corrected chi connectivity index (χ2v) is 9.38. The molecule has 1 aromatic heterocycles. The van der Waals surface area contributed by atoms with Gasteiger partial charge in [0.05, 0.1) is 5.75 Å². The fourth-order valence-electron chi connectivity index (χ4n) is 3.94. The summed E-state index contributed by atoms with van der Waals surface area (Å²) in [7, 11) is -3.20. The lowest BCUT2D eigenvalue weighted by atomic mass is 9.67. The van der Waals surface area contributed by atoms with E-state index < -0.39 is 10.0 Å². The predicted octanol–water partition coefficient (Wildman–Crippen LogP) is 2.12. The first kappa shape index (κ1) is 15.5. The van der Waals surface area contributed by atoms with Gasteiger partial charge in [-0.2, -0.15) is 0 Å². The van der Waals surface area contributed by atoms with E-state index in [-0.39, 0.29) is 17.8 Å². The number of aryl methyl sites for hydroxylation is 1. The highest BCUT2D eigenvalue weighted by molar-refractivity contribution is 7.89. The summed E-state index contributed by atoms with van der Waals surface area (Å²) in [6.45, 7) is 0. The van der Waals surface area contributed by atoms with Crippen LogP contribution in [0.2, 0.25) is 0 Å². The molecule has 2 atom stereocenters. The van der Waals surface area contributed by atoms with E-state index in [1.54, 1.807) is 11.3 Å². The number of hydrogen-bond acceptors (Lipinski definition) is 4. The molecule has 0 saturated heterocycles. The molecule has 0 spiro atoms. The summed E-state index contributed by atoms with van der Waals surface area (Å²) in [4.78, 5) is 1.13. The highest BCUT2D eigenvalue weighted by Crippen LogP contribution is 2.39. The van der Waals surface area contributed by atoms with Gasteiger partial charge in [-0.1, -0.05) is 12.5 Å². The number of hydrogen-bond donors (Lipinski definition) is 2. The Morgan fingerprint density at radius 1 is 1.29 bits per heavy atom. The van der Waals surface area contributed by atoms with Crippen molar-refractivity contribution in [2.75, 3.05) is 5.75 Å². The second-order valence-electron chi connectivity index (χ2n) is 6.47. The van der Waals surface area contributed by atoms with E-state index in [0.29, 0.717) is 18.3 Å². The Bertz CT molecular complexity index is 542. The first-order chi connectivity index (χ1) is 10.0. The van der Waals surface area contributed by atoms with E-state index in [2.05, 4.69) is 4.72 Å². The first-order valence-electron chi connectivity index (χ1n) is 7.81. The van der Waals surface area contributed by atoms with E-state index in [1.165, 1.54) is 6.42 Å². The molecule has 2 unspecified atom stereocenters. The standard InChI is InChI=1S/C15H24N2O2S2/c16-13-9-11-3-1-4-12(10-13)15(11)17-21(18,19)8-6-14-5-2-7-20-14/h2,5,7,11-13,15,17H,1,3-4,6,8-10,16H2. The monoisotopic (exact) mass is 328 g/mol. The number of nitrogens with one attached hydrogen (secondary N) is 1. The summed E-state index contributed by atoms with van der Waals surface area (Å²) in [5.74, 6) is 1.06. The van der Waals surface area contributed by atoms with E-state index in [9.17, 15) is 8.42 Å². The molecule has 2 aliphatic rings. The number of sulfonamides is 1. The Kier molecular flexibility index (Phi) is 4.69. The third-order valence-electron chi connectivity index (χ3n) is 4.89. The molecule has 0 aromatic carbocycles. The van der Waals surface area contributed by atoms with E-state index >= 15 is 0 Å². The van der Waals surface area contributed by atoms with Crippen molar-refractivity contribution in [2.45, 2.75) is 50.6 Å². The third-order valence-corrected chi connectivity index (χ3v) is 7.20. The van der Waals surface area contributed by atoms with Gasteiger partial charge < -0.3 is 5.73 Å². The van der Waals surface area contributed by atoms with Gasteiger partial charge in [0.25, 0.3) is 0 Å². The molecule has 3 rings (SSSR count). The number of thiophene rings is 1. The quantitative estimate of drug-likeness (QED) is 0.869. The minimum Gasteiger partial charge on any atom is -0.328 e. The van der Waals surface area contributed by atoms with Crippen molar-refractivity contribution in [3.8, 4) is 0 Å². The van der Waals surface area contributed by atoms with Gasteiger partial charge in [-0.25, -0.2) is 13.1 Å². The molecule has 0 aliphatic heterocycles. The van der Waals surface area contributed by atoms with Crippen molar-refractivity contribution in [3.63, 3.8) is 0 Å². The average molecular weight is 329 g/mol. The lowest BCUT2D eigenvalue weighted by Gasteiger charge is -2.45. The Hall–Kier alpha value is -0.430. The molecule has 2 bridgehead atoms. The topological polar surface area (TPSA) is 72.2 Å². The van der Waals surface area contributed by atoms with Gasteiger partial charge in [0.15, 0.2) is 0 Å². The summed E-state index contributed by atoms with van der Waals surface area (Å²) in [6, 6.07) is 4.33. The van der Waals surface area contributed by atoms with Gasteiger partial charge in [0, 0.05) is 17.0 Å². The van der Waals surface area contributed by atoms with Crippen LogP contribution in [-0.4, -0.2) is 26.3 Å². The lowest BCUT2D eigenvalue weighted by Crippen LogP contribution is -2.54. The molecule has 0 amide bonds. The zero-order valence-electron chi connectivity index (χ0n) is 12.2. The third kappa shape index (κ3) is 3.86. The molecule has 118 valence electrons. The van der Waals surface area contributed by atoms with Gasteiger partial charge in [-0.05, 0) is 55.4 Å². The fraction of sp³-hybridized carbons (Fsp3) is 0.733. The van der Waals surface area contributed by atoms with Crippen molar-refractivity contribution < 1.29 is 8.42 Å². The SMILES string of the molecule is NC1CC2CCCC(C1)C2NS(=O)(=O)CCc1cccs1. The van der Waals surface area contributed by atoms with Crippen molar-refractivity contribution >= 4 is 21.4 Å². The van der Waals surface area contributed by atoms with Crippen LogP contribution in [0.4, 0.5) is 0 Å². The van der Waals surface area contributed by atoms with Crippen molar-refractivity contribution in [3.05, 3.63) is 22.4 Å². The second kappa shape index (κ2) is 6.36. The molecule has 1 heterocycles. The first-order valence-corrected chi connectivity index (χ1v) is 10.3. The molecule has 0 radical (unpaired) electrons. The van der Waals surface area contributed by atoms with Crippen LogP contribution >= 0.6 is 11.3 Å². The molecule has 21 heavy (non-hydrogen) atoms. The van der Waals surface area contributed by atoms with Crippen molar-refractivity contribution in [1.29, 1.82) is 0 Å². The van der Waals surface area contributed by atoms with E-state index in [1.807, 2.05) is 17.5 Å². The number of rotatable bonds is 5. The predicted molar refractivity (Wildman–Crippen MR) is 86.8 cm³/mol. The Morgan fingerprint density at radius 3 is 2.62 bits per heavy atom. The molecule has 2 aliphatic carbocycles. The maximum absolute atomic E-state index is 12.4. The van der Waals surface area contributed by atoms with Crippen LogP contribution in [-0.2, 0) is 16.4 Å². The average Bonchev–Trinajstić information content (AvgIpc) is 2.91. The molecule has 2 fully saturated rings. The van der Waals surface area contributed by atoms with Crippen LogP contribution < -0.4 is 10.5 Å². The molecule has 4 nitrogen and oxygen atoms in total. The lowest BCUT2D eigenvalue weighted by molar-refractivity contribution is 0.125. The van der Waals surface area contributed by atoms with Gasteiger partial charge in [-0.15, -0.1) is 11.3 Å². The largest absolute Gasteiger partial charge is 0.328 e. The van der Waals surface area contributed by atoms with Crippen molar-refractivity contribution in [2.24, 2.45) is 17.6 Å². The maximum Gasteiger partial charge on any atom is 0.212 e. The Labute approximate surface area is 131 Å². The molecule has 1 aromatic rings. The minimum atomic E-state index is -3.20.